The molecule has 108 valence electrons. The highest BCUT2D eigenvalue weighted by atomic mass is 79.9. The maximum atomic E-state index is 9.64. The van der Waals surface area contributed by atoms with E-state index in [1.54, 1.807) is 11.8 Å². The topological polar surface area (TPSA) is 35.8 Å². The minimum Gasteiger partial charge on any atom is -0.299 e. The van der Waals surface area contributed by atoms with E-state index in [9.17, 15) is 5.26 Å². The summed E-state index contributed by atoms with van der Waals surface area (Å²) in [6, 6.07) is 20.6. The van der Waals surface area contributed by atoms with Crippen molar-refractivity contribution in [2.75, 3.05) is 12.8 Å². The van der Waals surface area contributed by atoms with E-state index >= 15 is 0 Å². The number of hydrogen-bond acceptors (Lipinski definition) is 3. The lowest BCUT2D eigenvalue weighted by Gasteiger charge is -2.26. The Morgan fingerprint density at radius 3 is 2.38 bits per heavy atom. The summed E-state index contributed by atoms with van der Waals surface area (Å²) in [4.78, 5) is 1.22. The van der Waals surface area contributed by atoms with E-state index in [1.807, 2.05) is 49.5 Å². The van der Waals surface area contributed by atoms with Crippen LogP contribution in [0, 0.1) is 11.3 Å². The average Bonchev–Trinajstić information content (AvgIpc) is 2.55. The summed E-state index contributed by atoms with van der Waals surface area (Å²) in [7, 11) is 1.85. The van der Waals surface area contributed by atoms with Gasteiger partial charge in [-0.25, -0.2) is 0 Å². The van der Waals surface area contributed by atoms with Gasteiger partial charge in [0, 0.05) is 15.1 Å². The molecule has 0 spiro atoms. The van der Waals surface area contributed by atoms with Crippen LogP contribution >= 0.6 is 27.7 Å². The molecule has 0 aliphatic carbocycles. The van der Waals surface area contributed by atoms with Gasteiger partial charge in [-0.2, -0.15) is 5.26 Å². The zero-order valence-corrected chi connectivity index (χ0v) is 14.2. The van der Waals surface area contributed by atoms with Gasteiger partial charge in [0.2, 0.25) is 0 Å². The van der Waals surface area contributed by atoms with Gasteiger partial charge in [-0.15, -0.1) is 11.8 Å². The zero-order chi connectivity index (χ0) is 15.1. The SMILES string of the molecule is CNC(C#N)(CCSc1ccc(Br)cc1)c1ccccc1. The normalized spacial score (nSPS) is 13.4. The van der Waals surface area contributed by atoms with E-state index < -0.39 is 5.54 Å². The number of nitrogens with zero attached hydrogens (tertiary/aromatic N) is 1. The van der Waals surface area contributed by atoms with Crippen molar-refractivity contribution in [3.8, 4) is 6.07 Å². The summed E-state index contributed by atoms with van der Waals surface area (Å²) in [6.45, 7) is 0. The molecule has 2 aromatic rings. The van der Waals surface area contributed by atoms with Crippen molar-refractivity contribution in [2.24, 2.45) is 0 Å². The minimum absolute atomic E-state index is 0.621. The van der Waals surface area contributed by atoms with Crippen LogP contribution in [-0.2, 0) is 5.54 Å². The van der Waals surface area contributed by atoms with Gasteiger partial charge >= 0.3 is 0 Å². The predicted octanol–water partition coefficient (Wildman–Crippen LogP) is 4.57. The molecule has 4 heteroatoms. The lowest BCUT2D eigenvalue weighted by atomic mass is 9.89. The summed E-state index contributed by atoms with van der Waals surface area (Å²) in [5.41, 5.74) is 0.398. The number of nitriles is 1. The maximum absolute atomic E-state index is 9.64. The van der Waals surface area contributed by atoms with E-state index in [2.05, 4.69) is 39.4 Å². The quantitative estimate of drug-likeness (QED) is 0.766. The van der Waals surface area contributed by atoms with Crippen molar-refractivity contribution >= 4 is 27.7 Å². The first kappa shape index (κ1) is 16.1. The van der Waals surface area contributed by atoms with Crippen LogP contribution < -0.4 is 5.32 Å². The number of thioether (sulfide) groups is 1. The number of rotatable bonds is 6. The van der Waals surface area contributed by atoms with Crippen LogP contribution in [0.5, 0.6) is 0 Å². The zero-order valence-electron chi connectivity index (χ0n) is 11.8. The van der Waals surface area contributed by atoms with Gasteiger partial charge in [0.25, 0.3) is 0 Å². The van der Waals surface area contributed by atoms with E-state index in [0.29, 0.717) is 0 Å². The third kappa shape index (κ3) is 4.10. The molecule has 0 radical (unpaired) electrons. The predicted molar refractivity (Wildman–Crippen MR) is 92.3 cm³/mol. The third-order valence-corrected chi connectivity index (χ3v) is 4.99. The van der Waals surface area contributed by atoms with E-state index in [0.717, 1.165) is 22.2 Å². The Labute approximate surface area is 138 Å². The molecule has 0 bridgehead atoms. The molecule has 21 heavy (non-hydrogen) atoms. The van der Waals surface area contributed by atoms with E-state index in [4.69, 9.17) is 0 Å². The summed E-state index contributed by atoms with van der Waals surface area (Å²) in [6.07, 6.45) is 0.755. The molecule has 2 aromatic carbocycles. The summed E-state index contributed by atoms with van der Waals surface area (Å²) in [5.74, 6) is 0.880. The standard InChI is InChI=1S/C17H17BrN2S/c1-20-17(13-19,14-5-3-2-4-6-14)11-12-21-16-9-7-15(18)8-10-16/h2-10,20H,11-12H2,1H3. The van der Waals surface area contributed by atoms with Gasteiger partial charge in [-0.05, 0) is 43.3 Å². The number of hydrogen-bond donors (Lipinski definition) is 1. The molecule has 1 unspecified atom stereocenters. The molecule has 0 fully saturated rings. The molecule has 0 heterocycles. The molecule has 0 aliphatic heterocycles. The fraction of sp³-hybridized carbons (Fsp3) is 0.235. The monoisotopic (exact) mass is 360 g/mol. The van der Waals surface area contributed by atoms with Crippen LogP contribution in [0.15, 0.2) is 64.0 Å². The van der Waals surface area contributed by atoms with Crippen molar-refractivity contribution in [1.29, 1.82) is 5.26 Å². The number of benzene rings is 2. The highest BCUT2D eigenvalue weighted by Crippen LogP contribution is 2.28. The van der Waals surface area contributed by atoms with Crippen LogP contribution in [0.4, 0.5) is 0 Å². The van der Waals surface area contributed by atoms with Gasteiger partial charge in [-0.1, -0.05) is 46.3 Å². The summed E-state index contributed by atoms with van der Waals surface area (Å²) in [5, 5.41) is 12.8. The second-order valence-electron chi connectivity index (χ2n) is 4.69. The van der Waals surface area contributed by atoms with Crippen molar-refractivity contribution in [3.63, 3.8) is 0 Å². The second-order valence-corrected chi connectivity index (χ2v) is 6.77. The number of halogens is 1. The van der Waals surface area contributed by atoms with Crippen molar-refractivity contribution < 1.29 is 0 Å². The second kappa shape index (κ2) is 7.65. The third-order valence-electron chi connectivity index (χ3n) is 3.44. The fourth-order valence-electron chi connectivity index (χ4n) is 2.17. The molecule has 2 nitrogen and oxygen atoms in total. The molecular weight excluding hydrogens is 344 g/mol. The maximum Gasteiger partial charge on any atom is 0.132 e. The first-order valence-electron chi connectivity index (χ1n) is 6.74. The smallest absolute Gasteiger partial charge is 0.132 e. The Morgan fingerprint density at radius 2 is 1.81 bits per heavy atom. The molecule has 1 N–H and O–H groups in total. The van der Waals surface area contributed by atoms with Gasteiger partial charge in [0.1, 0.15) is 5.54 Å². The van der Waals surface area contributed by atoms with E-state index in [1.165, 1.54) is 4.90 Å². The highest BCUT2D eigenvalue weighted by molar-refractivity contribution is 9.10. The average molecular weight is 361 g/mol. The van der Waals surface area contributed by atoms with Crippen molar-refractivity contribution in [1.82, 2.24) is 5.32 Å². The molecule has 0 saturated carbocycles. The first-order chi connectivity index (χ1) is 10.2. The lowest BCUT2D eigenvalue weighted by molar-refractivity contribution is 0.457. The Kier molecular flexibility index (Phi) is 5.86. The molecule has 0 amide bonds. The Morgan fingerprint density at radius 1 is 1.14 bits per heavy atom. The van der Waals surface area contributed by atoms with Gasteiger partial charge in [0.05, 0.1) is 6.07 Å². The lowest BCUT2D eigenvalue weighted by Crippen LogP contribution is -2.39. The summed E-state index contributed by atoms with van der Waals surface area (Å²) < 4.78 is 1.08. The molecule has 0 saturated heterocycles. The highest BCUT2D eigenvalue weighted by Gasteiger charge is 2.29. The Bertz CT molecular complexity index is 607. The van der Waals surface area contributed by atoms with Crippen LogP contribution in [0.2, 0.25) is 0 Å². The molecule has 1 atom stereocenters. The van der Waals surface area contributed by atoms with Crippen LogP contribution in [0.25, 0.3) is 0 Å². The van der Waals surface area contributed by atoms with Gasteiger partial charge in [-0.3, -0.25) is 5.32 Å². The summed E-state index contributed by atoms with van der Waals surface area (Å²) >= 11 is 5.21. The van der Waals surface area contributed by atoms with Crippen LogP contribution in [0.1, 0.15) is 12.0 Å². The largest absolute Gasteiger partial charge is 0.299 e. The Hall–Kier alpha value is -1.28. The van der Waals surface area contributed by atoms with Crippen LogP contribution in [0.3, 0.4) is 0 Å². The van der Waals surface area contributed by atoms with Crippen molar-refractivity contribution in [3.05, 3.63) is 64.6 Å². The van der Waals surface area contributed by atoms with Gasteiger partial charge < -0.3 is 0 Å². The van der Waals surface area contributed by atoms with Gasteiger partial charge in [0.15, 0.2) is 0 Å². The molecule has 2 rings (SSSR count). The minimum atomic E-state index is -0.621. The van der Waals surface area contributed by atoms with Crippen LogP contribution in [-0.4, -0.2) is 12.8 Å². The number of nitrogens with one attached hydrogen (secondary N) is 1. The molecule has 0 aromatic heterocycles. The Balaban J connectivity index is 2.04. The molecular formula is C17H17BrN2S. The fourth-order valence-corrected chi connectivity index (χ4v) is 3.40. The van der Waals surface area contributed by atoms with Crippen molar-refractivity contribution in [2.45, 2.75) is 16.9 Å². The molecule has 0 aliphatic rings. The first-order valence-corrected chi connectivity index (χ1v) is 8.52. The van der Waals surface area contributed by atoms with E-state index in [-0.39, 0.29) is 0 Å².